The maximum Gasteiger partial charge on any atom is 0.317 e. The molecule has 114 valence electrons. The first-order valence-corrected chi connectivity index (χ1v) is 7.79. The van der Waals surface area contributed by atoms with Crippen LogP contribution >= 0.6 is 0 Å². The van der Waals surface area contributed by atoms with E-state index in [9.17, 15) is 4.79 Å². The van der Waals surface area contributed by atoms with Gasteiger partial charge in [-0.3, -0.25) is 0 Å². The van der Waals surface area contributed by atoms with Crippen molar-refractivity contribution in [3.05, 3.63) is 70.8 Å². The monoisotopic (exact) mass is 294 g/mol. The second-order valence-corrected chi connectivity index (χ2v) is 6.02. The molecule has 1 unspecified atom stereocenters. The van der Waals surface area contributed by atoms with Crippen molar-refractivity contribution in [3.8, 4) is 0 Å². The van der Waals surface area contributed by atoms with Gasteiger partial charge in [-0.2, -0.15) is 0 Å². The zero-order valence-electron chi connectivity index (χ0n) is 13.2. The Labute approximate surface area is 132 Å². The number of aryl methyl sites for hydroxylation is 2. The van der Waals surface area contributed by atoms with Crippen LogP contribution in [0.15, 0.2) is 48.5 Å². The molecule has 1 aliphatic rings. The van der Waals surface area contributed by atoms with E-state index >= 15 is 0 Å². The minimum atomic E-state index is -0.00930. The molecule has 0 heterocycles. The number of nitrogens with one attached hydrogen (secondary N) is 1. The van der Waals surface area contributed by atoms with E-state index in [0.717, 1.165) is 12.8 Å². The summed E-state index contributed by atoms with van der Waals surface area (Å²) in [7, 11) is 1.85. The average molecular weight is 294 g/mol. The van der Waals surface area contributed by atoms with E-state index in [4.69, 9.17) is 0 Å². The van der Waals surface area contributed by atoms with Crippen LogP contribution in [0.3, 0.4) is 0 Å². The quantitative estimate of drug-likeness (QED) is 0.917. The Morgan fingerprint density at radius 1 is 1.18 bits per heavy atom. The summed E-state index contributed by atoms with van der Waals surface area (Å²) in [6.45, 7) is 2.71. The predicted molar refractivity (Wildman–Crippen MR) is 88.7 cm³/mol. The fraction of sp³-hybridized carbons (Fsp3) is 0.316. The molecular formula is C19H22N2O. The normalized spacial score (nSPS) is 16.2. The molecule has 0 aliphatic heterocycles. The Morgan fingerprint density at radius 2 is 1.91 bits per heavy atom. The van der Waals surface area contributed by atoms with Gasteiger partial charge in [0.1, 0.15) is 0 Å². The van der Waals surface area contributed by atoms with Crippen LogP contribution in [0.25, 0.3) is 0 Å². The van der Waals surface area contributed by atoms with Crippen molar-refractivity contribution in [2.24, 2.45) is 0 Å². The molecule has 0 spiro atoms. The zero-order valence-corrected chi connectivity index (χ0v) is 13.2. The lowest BCUT2D eigenvalue weighted by Crippen LogP contribution is -2.38. The van der Waals surface area contributed by atoms with E-state index in [1.54, 1.807) is 4.90 Å². The third-order valence-electron chi connectivity index (χ3n) is 4.45. The molecule has 2 aromatic carbocycles. The summed E-state index contributed by atoms with van der Waals surface area (Å²) in [6, 6.07) is 16.7. The minimum Gasteiger partial charge on any atom is -0.331 e. The summed E-state index contributed by atoms with van der Waals surface area (Å²) in [5.41, 5.74) is 5.02. The smallest absolute Gasteiger partial charge is 0.317 e. The molecule has 0 saturated heterocycles. The summed E-state index contributed by atoms with van der Waals surface area (Å²) in [6.07, 6.45) is 2.03. The Hall–Kier alpha value is -2.29. The summed E-state index contributed by atoms with van der Waals surface area (Å²) in [5, 5.41) is 3.16. The fourth-order valence-electron chi connectivity index (χ4n) is 3.08. The molecule has 0 aromatic heterocycles. The number of carbonyl (C=O) groups is 1. The summed E-state index contributed by atoms with van der Waals surface area (Å²) in [4.78, 5) is 14.2. The van der Waals surface area contributed by atoms with Crippen molar-refractivity contribution in [1.82, 2.24) is 10.2 Å². The molecule has 22 heavy (non-hydrogen) atoms. The van der Waals surface area contributed by atoms with E-state index in [1.165, 1.54) is 22.3 Å². The second kappa shape index (κ2) is 6.22. The van der Waals surface area contributed by atoms with Crippen molar-refractivity contribution in [1.29, 1.82) is 0 Å². The first kappa shape index (κ1) is 14.6. The number of fused-ring (bicyclic) bond motifs is 1. The third-order valence-corrected chi connectivity index (χ3v) is 4.45. The first-order chi connectivity index (χ1) is 10.6. The molecule has 0 bridgehead atoms. The maximum atomic E-state index is 12.4. The Bertz CT molecular complexity index is 681. The predicted octanol–water partition coefficient (Wildman–Crippen LogP) is 3.82. The van der Waals surface area contributed by atoms with Gasteiger partial charge in [-0.25, -0.2) is 4.79 Å². The zero-order chi connectivity index (χ0) is 15.5. The van der Waals surface area contributed by atoms with Crippen LogP contribution < -0.4 is 5.32 Å². The number of nitrogens with zero attached hydrogens (tertiary/aromatic N) is 1. The number of rotatable bonds is 3. The molecule has 2 aromatic rings. The van der Waals surface area contributed by atoms with Crippen LogP contribution in [0, 0.1) is 6.92 Å². The number of urea groups is 1. The van der Waals surface area contributed by atoms with Crippen LogP contribution in [-0.4, -0.2) is 18.0 Å². The summed E-state index contributed by atoms with van der Waals surface area (Å²) in [5.74, 6) is 0. The van der Waals surface area contributed by atoms with Crippen molar-refractivity contribution in [2.45, 2.75) is 32.4 Å². The molecule has 3 nitrogen and oxygen atoms in total. The minimum absolute atomic E-state index is 0.00930. The Kier molecular flexibility index (Phi) is 4.14. The number of carbonyl (C=O) groups excluding carboxylic acids is 1. The lowest BCUT2D eigenvalue weighted by molar-refractivity contribution is 0.202. The van der Waals surface area contributed by atoms with Gasteiger partial charge in [0.05, 0.1) is 6.04 Å². The number of hydrogen-bond donors (Lipinski definition) is 1. The van der Waals surface area contributed by atoms with Crippen LogP contribution in [0.2, 0.25) is 0 Å². The van der Waals surface area contributed by atoms with Crippen molar-refractivity contribution < 1.29 is 4.79 Å². The van der Waals surface area contributed by atoms with Gasteiger partial charge >= 0.3 is 6.03 Å². The van der Waals surface area contributed by atoms with E-state index in [0.29, 0.717) is 6.54 Å². The molecule has 3 heteroatoms. The van der Waals surface area contributed by atoms with E-state index in [1.807, 2.05) is 25.2 Å². The van der Waals surface area contributed by atoms with Gasteiger partial charge in [-0.1, -0.05) is 48.5 Å². The van der Waals surface area contributed by atoms with Crippen LogP contribution in [0.1, 0.15) is 34.7 Å². The first-order valence-electron chi connectivity index (χ1n) is 7.79. The molecule has 2 amide bonds. The fourth-order valence-corrected chi connectivity index (χ4v) is 3.08. The van der Waals surface area contributed by atoms with Gasteiger partial charge in [0, 0.05) is 13.6 Å². The third kappa shape index (κ3) is 2.98. The van der Waals surface area contributed by atoms with Crippen molar-refractivity contribution >= 4 is 6.03 Å². The van der Waals surface area contributed by atoms with Crippen LogP contribution in [-0.2, 0) is 13.0 Å². The molecule has 0 radical (unpaired) electrons. The Balaban J connectivity index is 1.64. The highest BCUT2D eigenvalue weighted by atomic mass is 16.2. The van der Waals surface area contributed by atoms with E-state index in [2.05, 4.69) is 42.6 Å². The maximum absolute atomic E-state index is 12.4. The highest BCUT2D eigenvalue weighted by Gasteiger charge is 2.24. The number of amides is 2. The molecule has 3 rings (SSSR count). The lowest BCUT2D eigenvalue weighted by atomic mass is 10.1. The molecule has 0 saturated carbocycles. The summed E-state index contributed by atoms with van der Waals surface area (Å²) >= 11 is 0. The number of hydrogen-bond acceptors (Lipinski definition) is 1. The lowest BCUT2D eigenvalue weighted by Gasteiger charge is -2.22. The average Bonchev–Trinajstić information content (AvgIpc) is 2.93. The number of benzene rings is 2. The van der Waals surface area contributed by atoms with Gasteiger partial charge < -0.3 is 10.2 Å². The van der Waals surface area contributed by atoms with E-state index in [-0.39, 0.29) is 12.1 Å². The van der Waals surface area contributed by atoms with Gasteiger partial charge in [-0.05, 0) is 42.0 Å². The van der Waals surface area contributed by atoms with Crippen molar-refractivity contribution in [2.75, 3.05) is 7.05 Å². The molecule has 0 fully saturated rings. The molecular weight excluding hydrogens is 272 g/mol. The Morgan fingerprint density at radius 3 is 2.73 bits per heavy atom. The van der Waals surface area contributed by atoms with Gasteiger partial charge in [-0.15, -0.1) is 0 Å². The van der Waals surface area contributed by atoms with Gasteiger partial charge in [0.2, 0.25) is 0 Å². The van der Waals surface area contributed by atoms with Crippen molar-refractivity contribution in [3.63, 3.8) is 0 Å². The highest BCUT2D eigenvalue weighted by molar-refractivity contribution is 5.74. The second-order valence-electron chi connectivity index (χ2n) is 6.02. The highest BCUT2D eigenvalue weighted by Crippen LogP contribution is 2.30. The molecule has 1 N–H and O–H groups in total. The standard InChI is InChI=1S/C19H22N2O/c1-14-7-3-4-9-16(14)13-21(2)19(22)20-18-12-11-15-8-5-6-10-17(15)18/h3-10,18H,11-13H2,1-2H3,(H,20,22). The van der Waals surface area contributed by atoms with Gasteiger partial charge in [0.25, 0.3) is 0 Å². The SMILES string of the molecule is Cc1ccccc1CN(C)C(=O)NC1CCc2ccccc21. The summed E-state index contributed by atoms with van der Waals surface area (Å²) < 4.78 is 0. The largest absolute Gasteiger partial charge is 0.331 e. The van der Waals surface area contributed by atoms with E-state index < -0.39 is 0 Å². The van der Waals surface area contributed by atoms with Gasteiger partial charge in [0.15, 0.2) is 0 Å². The molecule has 1 aliphatic carbocycles. The topological polar surface area (TPSA) is 32.3 Å². The molecule has 1 atom stereocenters. The van der Waals surface area contributed by atoms with Crippen LogP contribution in [0.4, 0.5) is 4.79 Å². The van der Waals surface area contributed by atoms with Crippen LogP contribution in [0.5, 0.6) is 0 Å².